The standard InChI is InChI=1S/C23H25ClF3N3/c1-2-3-4-21-16-17-15-19(24)7-10-22(17)30(21)29-13-11-28(12-14-29)20-8-5-18(6-9-20)23(25,26)27/h5-10,15-16H,2-4,11-14H2,1H3. The van der Waals surface area contributed by atoms with Crippen LogP contribution in [0.25, 0.3) is 10.9 Å². The van der Waals surface area contributed by atoms with Crippen molar-refractivity contribution in [1.82, 2.24) is 4.68 Å². The number of halogens is 4. The van der Waals surface area contributed by atoms with Gasteiger partial charge in [0.15, 0.2) is 0 Å². The predicted molar refractivity (Wildman–Crippen MR) is 117 cm³/mol. The molecule has 0 N–H and O–H groups in total. The first-order valence-corrected chi connectivity index (χ1v) is 10.7. The number of rotatable bonds is 5. The van der Waals surface area contributed by atoms with Crippen LogP contribution in [0.15, 0.2) is 48.5 Å². The molecule has 1 aliphatic heterocycles. The van der Waals surface area contributed by atoms with Gasteiger partial charge in [0.25, 0.3) is 0 Å². The van der Waals surface area contributed by atoms with Gasteiger partial charge in [-0.2, -0.15) is 13.2 Å². The van der Waals surface area contributed by atoms with Gasteiger partial charge in [-0.05, 0) is 61.4 Å². The largest absolute Gasteiger partial charge is 0.416 e. The van der Waals surface area contributed by atoms with E-state index in [1.807, 2.05) is 12.1 Å². The summed E-state index contributed by atoms with van der Waals surface area (Å²) in [6, 6.07) is 13.7. The van der Waals surface area contributed by atoms with Crippen molar-refractivity contribution in [2.75, 3.05) is 36.1 Å². The Balaban J connectivity index is 1.53. The molecule has 1 aliphatic rings. The molecule has 3 nitrogen and oxygen atoms in total. The van der Waals surface area contributed by atoms with Gasteiger partial charge in [-0.25, -0.2) is 0 Å². The molecule has 0 atom stereocenters. The van der Waals surface area contributed by atoms with Crippen LogP contribution in [-0.2, 0) is 12.6 Å². The van der Waals surface area contributed by atoms with Crippen LogP contribution in [0.3, 0.4) is 0 Å². The molecule has 0 bridgehead atoms. The zero-order valence-electron chi connectivity index (χ0n) is 16.9. The van der Waals surface area contributed by atoms with E-state index in [4.69, 9.17) is 11.6 Å². The maximum atomic E-state index is 12.8. The number of benzene rings is 2. The number of unbranched alkanes of at least 4 members (excludes halogenated alkanes) is 1. The maximum Gasteiger partial charge on any atom is 0.416 e. The maximum absolute atomic E-state index is 12.8. The molecule has 0 radical (unpaired) electrons. The summed E-state index contributed by atoms with van der Waals surface area (Å²) in [6.45, 7) is 5.30. The summed E-state index contributed by atoms with van der Waals surface area (Å²) in [5.74, 6) is 0. The highest BCUT2D eigenvalue weighted by Gasteiger charge is 2.30. The molecular formula is C23H25ClF3N3. The molecule has 2 aromatic carbocycles. The lowest BCUT2D eigenvalue weighted by molar-refractivity contribution is -0.137. The molecule has 0 unspecified atom stereocenters. The minimum atomic E-state index is -4.30. The fraction of sp³-hybridized carbons (Fsp3) is 0.391. The summed E-state index contributed by atoms with van der Waals surface area (Å²) in [5, 5.41) is 4.20. The van der Waals surface area contributed by atoms with E-state index < -0.39 is 11.7 Å². The zero-order chi connectivity index (χ0) is 21.3. The van der Waals surface area contributed by atoms with Crippen LogP contribution in [0, 0.1) is 0 Å². The van der Waals surface area contributed by atoms with Crippen molar-refractivity contribution in [2.45, 2.75) is 32.4 Å². The smallest absolute Gasteiger partial charge is 0.368 e. The average molecular weight is 436 g/mol. The summed E-state index contributed by atoms with van der Waals surface area (Å²) >= 11 is 6.20. The highest BCUT2D eigenvalue weighted by atomic mass is 35.5. The van der Waals surface area contributed by atoms with Crippen molar-refractivity contribution < 1.29 is 13.2 Å². The predicted octanol–water partition coefficient (Wildman–Crippen LogP) is 6.11. The van der Waals surface area contributed by atoms with Gasteiger partial charge in [0, 0.05) is 34.9 Å². The Labute approximate surface area is 179 Å². The van der Waals surface area contributed by atoms with E-state index in [2.05, 4.69) is 33.6 Å². The number of aryl methyl sites for hydroxylation is 1. The van der Waals surface area contributed by atoms with Crippen molar-refractivity contribution in [3.05, 3.63) is 64.8 Å². The molecule has 160 valence electrons. The molecule has 7 heteroatoms. The number of piperazine rings is 1. The van der Waals surface area contributed by atoms with Crippen molar-refractivity contribution in [3.63, 3.8) is 0 Å². The average Bonchev–Trinajstić information content (AvgIpc) is 3.09. The summed E-state index contributed by atoms with van der Waals surface area (Å²) in [5.41, 5.74) is 2.64. The van der Waals surface area contributed by atoms with E-state index in [1.54, 1.807) is 12.1 Å². The minimum Gasteiger partial charge on any atom is -0.368 e. The van der Waals surface area contributed by atoms with Gasteiger partial charge in [-0.3, -0.25) is 4.68 Å². The number of hydrogen-bond donors (Lipinski definition) is 0. The first-order valence-electron chi connectivity index (χ1n) is 10.3. The Hall–Kier alpha value is -2.34. The molecule has 3 aromatic rings. The van der Waals surface area contributed by atoms with Gasteiger partial charge in [-0.15, -0.1) is 0 Å². The number of hydrogen-bond acceptors (Lipinski definition) is 2. The van der Waals surface area contributed by atoms with Gasteiger partial charge >= 0.3 is 6.18 Å². The van der Waals surface area contributed by atoms with Crippen LogP contribution < -0.4 is 9.91 Å². The lowest BCUT2D eigenvalue weighted by Gasteiger charge is -2.39. The van der Waals surface area contributed by atoms with Crippen LogP contribution in [0.2, 0.25) is 5.02 Å². The van der Waals surface area contributed by atoms with Crippen molar-refractivity contribution in [2.24, 2.45) is 0 Å². The first-order chi connectivity index (χ1) is 14.4. The lowest BCUT2D eigenvalue weighted by atomic mass is 10.1. The molecule has 2 heterocycles. The second-order valence-corrected chi connectivity index (χ2v) is 8.18. The van der Waals surface area contributed by atoms with Gasteiger partial charge in [0.1, 0.15) is 0 Å². The molecule has 1 aromatic heterocycles. The Morgan fingerprint density at radius 3 is 2.27 bits per heavy atom. The third-order valence-electron chi connectivity index (χ3n) is 5.70. The Morgan fingerprint density at radius 2 is 1.63 bits per heavy atom. The summed E-state index contributed by atoms with van der Waals surface area (Å²) in [6.07, 6.45) is -1.05. The number of nitrogens with zero attached hydrogens (tertiary/aromatic N) is 3. The quantitative estimate of drug-likeness (QED) is 0.478. The van der Waals surface area contributed by atoms with E-state index in [0.29, 0.717) is 0 Å². The van der Waals surface area contributed by atoms with Gasteiger partial charge in [0.05, 0.1) is 24.2 Å². The van der Waals surface area contributed by atoms with E-state index in [-0.39, 0.29) is 0 Å². The minimum absolute atomic E-state index is 0.608. The van der Waals surface area contributed by atoms with E-state index >= 15 is 0 Å². The van der Waals surface area contributed by atoms with Crippen LogP contribution in [0.1, 0.15) is 31.0 Å². The second kappa shape index (κ2) is 8.42. The number of alkyl halides is 3. The van der Waals surface area contributed by atoms with Crippen LogP contribution in [0.4, 0.5) is 18.9 Å². The molecule has 0 aliphatic carbocycles. The van der Waals surface area contributed by atoms with Crippen LogP contribution in [0.5, 0.6) is 0 Å². The van der Waals surface area contributed by atoms with Crippen molar-refractivity contribution in [3.8, 4) is 0 Å². The van der Waals surface area contributed by atoms with E-state index in [0.717, 1.165) is 79.2 Å². The molecule has 0 spiro atoms. The monoisotopic (exact) mass is 435 g/mol. The first kappa shape index (κ1) is 20.9. The Kier molecular flexibility index (Phi) is 5.87. The molecule has 4 rings (SSSR count). The highest BCUT2D eigenvalue weighted by Crippen LogP contribution is 2.31. The van der Waals surface area contributed by atoms with Gasteiger partial charge < -0.3 is 9.91 Å². The number of aromatic nitrogens is 1. The molecule has 30 heavy (non-hydrogen) atoms. The molecule has 0 amide bonds. The summed E-state index contributed by atoms with van der Waals surface area (Å²) in [7, 11) is 0. The molecule has 0 saturated carbocycles. The second-order valence-electron chi connectivity index (χ2n) is 7.74. The third-order valence-corrected chi connectivity index (χ3v) is 5.93. The topological polar surface area (TPSA) is 11.4 Å². The Bertz CT molecular complexity index is 1000. The molecular weight excluding hydrogens is 411 g/mol. The number of anilines is 1. The van der Waals surface area contributed by atoms with Crippen LogP contribution in [-0.4, -0.2) is 30.9 Å². The van der Waals surface area contributed by atoms with E-state index in [1.165, 1.54) is 5.69 Å². The molecule has 1 fully saturated rings. The normalized spacial score (nSPS) is 15.2. The Morgan fingerprint density at radius 1 is 0.933 bits per heavy atom. The third kappa shape index (κ3) is 4.24. The SMILES string of the molecule is CCCCc1cc2cc(Cl)ccc2n1N1CCN(c2ccc(C(F)(F)F)cc2)CC1. The van der Waals surface area contributed by atoms with Crippen molar-refractivity contribution >= 4 is 28.2 Å². The fourth-order valence-electron chi connectivity index (χ4n) is 4.11. The summed E-state index contributed by atoms with van der Waals surface area (Å²) < 4.78 is 40.8. The van der Waals surface area contributed by atoms with Crippen molar-refractivity contribution in [1.29, 1.82) is 0 Å². The lowest BCUT2D eigenvalue weighted by Crippen LogP contribution is -2.51. The molecule has 1 saturated heterocycles. The van der Waals surface area contributed by atoms with Gasteiger partial charge in [-0.1, -0.05) is 24.9 Å². The zero-order valence-corrected chi connectivity index (χ0v) is 17.7. The fourth-order valence-corrected chi connectivity index (χ4v) is 4.30. The highest BCUT2D eigenvalue weighted by molar-refractivity contribution is 6.31. The number of fused-ring (bicyclic) bond motifs is 1. The van der Waals surface area contributed by atoms with Crippen LogP contribution >= 0.6 is 11.6 Å². The van der Waals surface area contributed by atoms with E-state index in [9.17, 15) is 13.2 Å². The summed E-state index contributed by atoms with van der Waals surface area (Å²) in [4.78, 5) is 2.14. The van der Waals surface area contributed by atoms with Gasteiger partial charge in [0.2, 0.25) is 0 Å².